The van der Waals surface area contributed by atoms with Gasteiger partial charge in [0.25, 0.3) is 5.91 Å². The van der Waals surface area contributed by atoms with Crippen molar-refractivity contribution in [2.24, 2.45) is 0 Å². The molecule has 134 valence electrons. The molecule has 1 N–H and O–H groups in total. The number of carbonyl (C=O) groups excluding carboxylic acids is 1. The smallest absolute Gasteiger partial charge is 0.345 e. The van der Waals surface area contributed by atoms with Gasteiger partial charge in [0.15, 0.2) is 5.82 Å². The van der Waals surface area contributed by atoms with Gasteiger partial charge >= 0.3 is 6.18 Å². The van der Waals surface area contributed by atoms with Crippen molar-refractivity contribution in [2.75, 3.05) is 0 Å². The third-order valence-electron chi connectivity index (χ3n) is 3.46. The highest BCUT2D eigenvalue weighted by Crippen LogP contribution is 2.29. The molecule has 0 saturated carbocycles. The molecule has 0 bridgehead atoms. The first-order valence-electron chi connectivity index (χ1n) is 7.33. The second-order valence-electron chi connectivity index (χ2n) is 5.24. The van der Waals surface area contributed by atoms with E-state index in [1.807, 2.05) is 0 Å². The summed E-state index contributed by atoms with van der Waals surface area (Å²) >= 11 is 5.83. The highest BCUT2D eigenvalue weighted by atomic mass is 35.5. The molecule has 0 aliphatic heterocycles. The van der Waals surface area contributed by atoms with Gasteiger partial charge in [0, 0.05) is 10.6 Å². The van der Waals surface area contributed by atoms with Gasteiger partial charge < -0.3 is 5.32 Å². The molecule has 26 heavy (non-hydrogen) atoms. The van der Waals surface area contributed by atoms with Crippen LogP contribution in [-0.2, 0) is 12.7 Å². The Hall–Kier alpha value is -2.94. The van der Waals surface area contributed by atoms with E-state index in [0.717, 1.165) is 12.1 Å². The standard InChI is InChI=1S/C16H11ClF3N5O/c17-12-4-6-13(7-5-12)25-14(22-23-24-25)9-21-15(26)10-2-1-3-11(8-10)16(18,19)20/h1-8H,9H2,(H,21,26). The van der Waals surface area contributed by atoms with Crippen LogP contribution < -0.4 is 5.32 Å². The fraction of sp³-hybridized carbons (Fsp3) is 0.125. The second-order valence-corrected chi connectivity index (χ2v) is 5.68. The molecular formula is C16H11ClF3N5O. The van der Waals surface area contributed by atoms with Gasteiger partial charge in [-0.3, -0.25) is 4.79 Å². The number of nitrogens with zero attached hydrogens (tertiary/aromatic N) is 4. The number of hydrogen-bond acceptors (Lipinski definition) is 4. The van der Waals surface area contributed by atoms with Crippen LogP contribution in [-0.4, -0.2) is 26.1 Å². The number of carbonyl (C=O) groups is 1. The summed E-state index contributed by atoms with van der Waals surface area (Å²) in [7, 11) is 0. The molecule has 0 radical (unpaired) electrons. The van der Waals surface area contributed by atoms with Gasteiger partial charge in [0.2, 0.25) is 0 Å². The number of amides is 1. The van der Waals surface area contributed by atoms with Gasteiger partial charge in [-0.05, 0) is 52.9 Å². The minimum atomic E-state index is -4.52. The van der Waals surface area contributed by atoms with Crippen LogP contribution >= 0.6 is 11.6 Å². The molecule has 0 fully saturated rings. The number of aromatic nitrogens is 4. The third kappa shape index (κ3) is 3.99. The minimum absolute atomic E-state index is 0.0648. The van der Waals surface area contributed by atoms with E-state index in [9.17, 15) is 18.0 Å². The lowest BCUT2D eigenvalue weighted by atomic mass is 10.1. The molecule has 0 saturated heterocycles. The monoisotopic (exact) mass is 381 g/mol. The first kappa shape index (κ1) is 17.9. The van der Waals surface area contributed by atoms with E-state index in [4.69, 9.17) is 11.6 Å². The number of rotatable bonds is 4. The summed E-state index contributed by atoms with van der Waals surface area (Å²) in [6.45, 7) is -0.0648. The van der Waals surface area contributed by atoms with E-state index in [1.165, 1.54) is 16.8 Å². The molecular weight excluding hydrogens is 371 g/mol. The van der Waals surface area contributed by atoms with E-state index in [-0.39, 0.29) is 12.1 Å². The fourth-order valence-electron chi connectivity index (χ4n) is 2.20. The Bertz CT molecular complexity index is 924. The molecule has 0 atom stereocenters. The molecule has 2 aromatic carbocycles. The molecule has 0 aliphatic rings. The summed E-state index contributed by atoms with van der Waals surface area (Å²) in [6, 6.07) is 10.9. The Morgan fingerprint density at radius 3 is 2.58 bits per heavy atom. The van der Waals surface area contributed by atoms with Crippen LogP contribution in [0.15, 0.2) is 48.5 Å². The highest BCUT2D eigenvalue weighted by Gasteiger charge is 2.30. The summed E-state index contributed by atoms with van der Waals surface area (Å²) in [6.07, 6.45) is -4.52. The summed E-state index contributed by atoms with van der Waals surface area (Å²) in [5.41, 5.74) is -0.371. The summed E-state index contributed by atoms with van der Waals surface area (Å²) in [5, 5.41) is 14.2. The lowest BCUT2D eigenvalue weighted by Gasteiger charge is -2.09. The Morgan fingerprint density at radius 2 is 1.88 bits per heavy atom. The fourth-order valence-corrected chi connectivity index (χ4v) is 2.32. The number of nitrogens with one attached hydrogen (secondary N) is 1. The summed E-state index contributed by atoms with van der Waals surface area (Å²) in [5.74, 6) is -0.352. The number of hydrogen-bond donors (Lipinski definition) is 1. The molecule has 10 heteroatoms. The summed E-state index contributed by atoms with van der Waals surface area (Å²) < 4.78 is 39.6. The van der Waals surface area contributed by atoms with Crippen LogP contribution in [0.1, 0.15) is 21.7 Å². The van der Waals surface area contributed by atoms with Crippen molar-refractivity contribution >= 4 is 17.5 Å². The van der Waals surface area contributed by atoms with E-state index in [2.05, 4.69) is 20.8 Å². The number of alkyl halides is 3. The van der Waals surface area contributed by atoms with Crippen LogP contribution in [0, 0.1) is 0 Å². The van der Waals surface area contributed by atoms with Crippen LogP contribution in [0.4, 0.5) is 13.2 Å². The SMILES string of the molecule is O=C(NCc1nnnn1-c1ccc(Cl)cc1)c1cccc(C(F)(F)F)c1. The van der Waals surface area contributed by atoms with E-state index in [1.54, 1.807) is 24.3 Å². The number of tetrazole rings is 1. The van der Waals surface area contributed by atoms with Gasteiger partial charge in [0.05, 0.1) is 17.8 Å². The van der Waals surface area contributed by atoms with Gasteiger partial charge in [0.1, 0.15) is 0 Å². The maximum atomic E-state index is 12.7. The van der Waals surface area contributed by atoms with Gasteiger partial charge in [-0.25, -0.2) is 0 Å². The maximum absolute atomic E-state index is 12.7. The zero-order chi connectivity index (χ0) is 18.7. The third-order valence-corrected chi connectivity index (χ3v) is 3.72. The molecule has 1 aromatic heterocycles. The second kappa shape index (κ2) is 7.12. The Kier molecular flexibility index (Phi) is 4.90. The van der Waals surface area contributed by atoms with Crippen LogP contribution in [0.25, 0.3) is 5.69 Å². The molecule has 0 aliphatic carbocycles. The van der Waals surface area contributed by atoms with E-state index < -0.39 is 17.6 Å². The molecule has 3 rings (SSSR count). The summed E-state index contributed by atoms with van der Waals surface area (Å²) in [4.78, 5) is 12.1. The lowest BCUT2D eigenvalue weighted by molar-refractivity contribution is -0.137. The van der Waals surface area contributed by atoms with E-state index in [0.29, 0.717) is 16.5 Å². The van der Waals surface area contributed by atoms with Crippen LogP contribution in [0.3, 0.4) is 0 Å². The molecule has 1 heterocycles. The first-order valence-corrected chi connectivity index (χ1v) is 7.71. The topological polar surface area (TPSA) is 72.7 Å². The molecule has 0 unspecified atom stereocenters. The Balaban J connectivity index is 1.73. The Morgan fingerprint density at radius 1 is 1.15 bits per heavy atom. The normalized spacial score (nSPS) is 11.4. The molecule has 3 aromatic rings. The highest BCUT2D eigenvalue weighted by molar-refractivity contribution is 6.30. The van der Waals surface area contributed by atoms with E-state index >= 15 is 0 Å². The molecule has 0 spiro atoms. The van der Waals surface area contributed by atoms with Crippen molar-refractivity contribution in [3.63, 3.8) is 0 Å². The number of benzene rings is 2. The van der Waals surface area contributed by atoms with Crippen molar-refractivity contribution < 1.29 is 18.0 Å². The zero-order valence-electron chi connectivity index (χ0n) is 13.0. The molecule has 1 amide bonds. The van der Waals surface area contributed by atoms with Crippen molar-refractivity contribution in [1.82, 2.24) is 25.5 Å². The maximum Gasteiger partial charge on any atom is 0.416 e. The molecule has 6 nitrogen and oxygen atoms in total. The predicted octanol–water partition coefficient (Wildman–Crippen LogP) is 3.26. The zero-order valence-corrected chi connectivity index (χ0v) is 13.8. The van der Waals surface area contributed by atoms with Crippen molar-refractivity contribution in [3.05, 3.63) is 70.5 Å². The van der Waals surface area contributed by atoms with Crippen LogP contribution in [0.2, 0.25) is 5.02 Å². The van der Waals surface area contributed by atoms with Gasteiger partial charge in [-0.2, -0.15) is 17.9 Å². The predicted molar refractivity (Wildman–Crippen MR) is 86.8 cm³/mol. The average Bonchev–Trinajstić information content (AvgIpc) is 3.08. The first-order chi connectivity index (χ1) is 12.3. The van der Waals surface area contributed by atoms with Gasteiger partial charge in [-0.15, -0.1) is 5.10 Å². The van der Waals surface area contributed by atoms with Crippen LogP contribution in [0.5, 0.6) is 0 Å². The Labute approximate surface area is 150 Å². The van der Waals surface area contributed by atoms with Crippen molar-refractivity contribution in [2.45, 2.75) is 12.7 Å². The van der Waals surface area contributed by atoms with Gasteiger partial charge in [-0.1, -0.05) is 17.7 Å². The van der Waals surface area contributed by atoms with Crippen molar-refractivity contribution in [3.8, 4) is 5.69 Å². The number of halogens is 4. The average molecular weight is 382 g/mol. The quantitative estimate of drug-likeness (QED) is 0.753. The van der Waals surface area contributed by atoms with Crippen molar-refractivity contribution in [1.29, 1.82) is 0 Å². The minimum Gasteiger partial charge on any atom is -0.345 e. The lowest BCUT2D eigenvalue weighted by Crippen LogP contribution is -2.25. The largest absolute Gasteiger partial charge is 0.416 e.